The average molecular weight is 305 g/mol. The van der Waals surface area contributed by atoms with Crippen molar-refractivity contribution in [2.24, 2.45) is 11.7 Å². The van der Waals surface area contributed by atoms with Gasteiger partial charge < -0.3 is 10.5 Å². The number of nitrogens with two attached hydrogens (primary N) is 1. The summed E-state index contributed by atoms with van der Waals surface area (Å²) in [7, 11) is 0. The molecule has 3 nitrogen and oxygen atoms in total. The van der Waals surface area contributed by atoms with Crippen LogP contribution in [0, 0.1) is 5.92 Å². The summed E-state index contributed by atoms with van der Waals surface area (Å²) in [6.45, 7) is 0.792. The molecule has 1 heterocycles. The molecular formula is C17H21ClN2O. The van der Waals surface area contributed by atoms with Gasteiger partial charge in [0.2, 0.25) is 0 Å². The molecule has 0 aliphatic heterocycles. The Morgan fingerprint density at radius 3 is 2.76 bits per heavy atom. The third-order valence-electron chi connectivity index (χ3n) is 4.35. The third-order valence-corrected chi connectivity index (χ3v) is 4.65. The highest BCUT2D eigenvalue weighted by atomic mass is 35.5. The van der Waals surface area contributed by atoms with Crippen LogP contribution in [0.4, 0.5) is 0 Å². The number of hydrogen-bond donors (Lipinski definition) is 1. The number of pyridine rings is 1. The maximum atomic E-state index is 6.33. The van der Waals surface area contributed by atoms with E-state index in [0.717, 1.165) is 48.2 Å². The van der Waals surface area contributed by atoms with Gasteiger partial charge in [0.15, 0.2) is 0 Å². The minimum Gasteiger partial charge on any atom is -0.489 e. The predicted octanol–water partition coefficient (Wildman–Crippen LogP) is 4.17. The maximum Gasteiger partial charge on any atom is 0.138 e. The zero-order valence-corrected chi connectivity index (χ0v) is 12.9. The fourth-order valence-corrected chi connectivity index (χ4v) is 3.35. The number of rotatable bonds is 4. The largest absolute Gasteiger partial charge is 0.489 e. The van der Waals surface area contributed by atoms with E-state index >= 15 is 0 Å². The summed E-state index contributed by atoms with van der Waals surface area (Å²) >= 11 is 6.33. The highest BCUT2D eigenvalue weighted by molar-refractivity contribution is 6.32. The Morgan fingerprint density at radius 2 is 2.00 bits per heavy atom. The highest BCUT2D eigenvalue weighted by Crippen LogP contribution is 2.34. The van der Waals surface area contributed by atoms with E-state index in [4.69, 9.17) is 22.1 Å². The molecule has 1 aromatic heterocycles. The van der Waals surface area contributed by atoms with Crippen molar-refractivity contribution in [1.29, 1.82) is 0 Å². The lowest BCUT2D eigenvalue weighted by molar-refractivity contribution is 0.129. The first-order valence-corrected chi connectivity index (χ1v) is 8.04. The Balaban J connectivity index is 1.69. The van der Waals surface area contributed by atoms with Crippen LogP contribution in [-0.4, -0.2) is 17.6 Å². The van der Waals surface area contributed by atoms with Crippen LogP contribution in [0.15, 0.2) is 30.6 Å². The normalized spacial score (nSPS) is 22.4. The summed E-state index contributed by atoms with van der Waals surface area (Å²) in [5, 5.41) is 2.82. The monoisotopic (exact) mass is 304 g/mol. The van der Waals surface area contributed by atoms with Crippen molar-refractivity contribution >= 4 is 22.4 Å². The lowest BCUT2D eigenvalue weighted by Gasteiger charge is -2.29. The van der Waals surface area contributed by atoms with Gasteiger partial charge >= 0.3 is 0 Å². The summed E-state index contributed by atoms with van der Waals surface area (Å²) in [6, 6.07) is 5.93. The van der Waals surface area contributed by atoms with Crippen LogP contribution >= 0.6 is 11.6 Å². The molecule has 3 rings (SSSR count). The Hall–Kier alpha value is -1.32. The van der Waals surface area contributed by atoms with Gasteiger partial charge in [0.05, 0.1) is 11.1 Å². The number of hydrogen-bond acceptors (Lipinski definition) is 3. The SMILES string of the molecule is NCCC1CCC(Oc2cc3ccncc3cc2Cl)CC1. The number of fused-ring (bicyclic) bond motifs is 1. The van der Waals surface area contributed by atoms with Crippen LogP contribution in [0.5, 0.6) is 5.75 Å². The number of nitrogens with zero attached hydrogens (tertiary/aromatic N) is 1. The number of ether oxygens (including phenoxy) is 1. The summed E-state index contributed by atoms with van der Waals surface area (Å²) in [6.07, 6.45) is 9.62. The molecule has 0 spiro atoms. The Bertz CT molecular complexity index is 609. The first-order chi connectivity index (χ1) is 10.3. The molecule has 2 N–H and O–H groups in total. The van der Waals surface area contributed by atoms with E-state index in [1.807, 2.05) is 24.4 Å². The highest BCUT2D eigenvalue weighted by Gasteiger charge is 2.22. The quantitative estimate of drug-likeness (QED) is 0.922. The molecule has 1 aromatic carbocycles. The maximum absolute atomic E-state index is 6.33. The summed E-state index contributed by atoms with van der Waals surface area (Å²) in [5.41, 5.74) is 5.64. The lowest BCUT2D eigenvalue weighted by atomic mass is 9.85. The first kappa shape index (κ1) is 14.6. The van der Waals surface area contributed by atoms with E-state index in [-0.39, 0.29) is 6.10 Å². The van der Waals surface area contributed by atoms with Crippen LogP contribution in [0.25, 0.3) is 10.8 Å². The van der Waals surface area contributed by atoms with Gasteiger partial charge in [0, 0.05) is 17.8 Å². The van der Waals surface area contributed by atoms with Gasteiger partial charge in [-0.25, -0.2) is 0 Å². The van der Waals surface area contributed by atoms with Crippen LogP contribution in [-0.2, 0) is 0 Å². The number of benzene rings is 1. The molecule has 0 radical (unpaired) electrons. The van der Waals surface area contributed by atoms with E-state index in [0.29, 0.717) is 5.02 Å². The van der Waals surface area contributed by atoms with Crippen LogP contribution in [0.2, 0.25) is 5.02 Å². The second-order valence-electron chi connectivity index (χ2n) is 5.84. The Kier molecular flexibility index (Phi) is 4.61. The van der Waals surface area contributed by atoms with Gasteiger partial charge in [0.1, 0.15) is 5.75 Å². The van der Waals surface area contributed by atoms with Gasteiger partial charge in [-0.3, -0.25) is 4.98 Å². The van der Waals surface area contributed by atoms with E-state index in [1.54, 1.807) is 6.20 Å². The van der Waals surface area contributed by atoms with Gasteiger partial charge in [-0.05, 0) is 68.2 Å². The third kappa shape index (κ3) is 3.47. The first-order valence-electron chi connectivity index (χ1n) is 7.66. The molecule has 1 saturated carbocycles. The predicted molar refractivity (Wildman–Crippen MR) is 86.8 cm³/mol. The Morgan fingerprint density at radius 1 is 1.19 bits per heavy atom. The topological polar surface area (TPSA) is 48.1 Å². The van der Waals surface area contributed by atoms with Crippen molar-refractivity contribution in [1.82, 2.24) is 4.98 Å². The average Bonchev–Trinajstić information content (AvgIpc) is 2.50. The van der Waals surface area contributed by atoms with Gasteiger partial charge in [0.25, 0.3) is 0 Å². The van der Waals surface area contributed by atoms with E-state index in [9.17, 15) is 0 Å². The molecular weight excluding hydrogens is 284 g/mol. The zero-order valence-electron chi connectivity index (χ0n) is 12.1. The molecule has 0 bridgehead atoms. The van der Waals surface area contributed by atoms with Crippen LogP contribution in [0.3, 0.4) is 0 Å². The second-order valence-corrected chi connectivity index (χ2v) is 6.25. The fraction of sp³-hybridized carbons (Fsp3) is 0.471. The summed E-state index contributed by atoms with van der Waals surface area (Å²) in [4.78, 5) is 4.12. The Labute approximate surface area is 130 Å². The molecule has 0 saturated heterocycles. The van der Waals surface area contributed by atoms with Crippen LogP contribution < -0.4 is 10.5 Å². The number of aromatic nitrogens is 1. The number of halogens is 1. The molecule has 0 unspecified atom stereocenters. The second kappa shape index (κ2) is 6.63. The van der Waals surface area contributed by atoms with E-state index in [1.165, 1.54) is 12.8 Å². The molecule has 1 aliphatic rings. The molecule has 2 aromatic rings. The summed E-state index contributed by atoms with van der Waals surface area (Å²) < 4.78 is 6.14. The van der Waals surface area contributed by atoms with Crippen molar-refractivity contribution in [3.05, 3.63) is 35.6 Å². The van der Waals surface area contributed by atoms with E-state index in [2.05, 4.69) is 4.98 Å². The van der Waals surface area contributed by atoms with Crippen LogP contribution in [0.1, 0.15) is 32.1 Å². The van der Waals surface area contributed by atoms with Gasteiger partial charge in [-0.1, -0.05) is 11.6 Å². The van der Waals surface area contributed by atoms with Crippen molar-refractivity contribution < 1.29 is 4.74 Å². The minimum absolute atomic E-state index is 0.274. The lowest BCUT2D eigenvalue weighted by Crippen LogP contribution is -2.25. The van der Waals surface area contributed by atoms with Crippen molar-refractivity contribution in [3.8, 4) is 5.75 Å². The smallest absolute Gasteiger partial charge is 0.138 e. The molecule has 21 heavy (non-hydrogen) atoms. The molecule has 0 amide bonds. The zero-order chi connectivity index (χ0) is 14.7. The molecule has 112 valence electrons. The molecule has 1 aliphatic carbocycles. The molecule has 1 fully saturated rings. The minimum atomic E-state index is 0.274. The fourth-order valence-electron chi connectivity index (χ4n) is 3.13. The van der Waals surface area contributed by atoms with Gasteiger partial charge in [-0.2, -0.15) is 0 Å². The van der Waals surface area contributed by atoms with Gasteiger partial charge in [-0.15, -0.1) is 0 Å². The standard InChI is InChI=1S/C17H21ClN2O/c18-16-9-14-11-20-8-6-13(14)10-17(16)21-15-3-1-12(2-4-15)5-7-19/h6,8-12,15H,1-5,7,19H2. The summed E-state index contributed by atoms with van der Waals surface area (Å²) in [5.74, 6) is 1.56. The van der Waals surface area contributed by atoms with E-state index < -0.39 is 0 Å². The molecule has 4 heteroatoms. The van der Waals surface area contributed by atoms with Crippen molar-refractivity contribution in [2.75, 3.05) is 6.54 Å². The van der Waals surface area contributed by atoms with Crippen molar-refractivity contribution in [2.45, 2.75) is 38.2 Å². The molecule has 0 atom stereocenters. The van der Waals surface area contributed by atoms with Crippen molar-refractivity contribution in [3.63, 3.8) is 0 Å².